The van der Waals surface area contributed by atoms with Gasteiger partial charge in [0.25, 0.3) is 0 Å². The molecule has 2 unspecified atom stereocenters. The summed E-state index contributed by atoms with van der Waals surface area (Å²) in [5.41, 5.74) is 2.22. The molecule has 4 aromatic rings. The van der Waals surface area contributed by atoms with E-state index in [4.69, 9.17) is 19.4 Å². The van der Waals surface area contributed by atoms with Crippen LogP contribution >= 0.6 is 11.6 Å². The number of hydrogen-bond donors (Lipinski definition) is 2. The molecule has 37 heavy (non-hydrogen) atoms. The molecule has 2 N–H and O–H groups in total. The predicted octanol–water partition coefficient (Wildman–Crippen LogP) is 5.52. The Labute approximate surface area is 220 Å². The number of aromatic nitrogens is 4. The summed E-state index contributed by atoms with van der Waals surface area (Å²) in [6, 6.07) is 12.4. The molecule has 0 aliphatic heterocycles. The van der Waals surface area contributed by atoms with E-state index in [1.54, 1.807) is 24.4 Å². The third-order valence-corrected chi connectivity index (χ3v) is 7.64. The lowest BCUT2D eigenvalue weighted by Crippen LogP contribution is -2.37. The summed E-state index contributed by atoms with van der Waals surface area (Å²) in [6.45, 7) is 4.36. The molecular formula is C27H24BClFN7. The molecular weight excluding hydrogens is 488 g/mol. The average Bonchev–Trinajstić information content (AvgIpc) is 3.75. The molecule has 2 aliphatic rings. The molecule has 10 heteroatoms. The van der Waals surface area contributed by atoms with E-state index in [1.807, 2.05) is 16.9 Å². The number of anilines is 2. The maximum atomic E-state index is 13.8. The van der Waals surface area contributed by atoms with Crippen LogP contribution in [0.25, 0.3) is 10.9 Å². The van der Waals surface area contributed by atoms with Gasteiger partial charge in [0.2, 0.25) is 0 Å². The molecule has 2 radical (unpaired) electrons. The molecule has 6 rings (SSSR count). The maximum absolute atomic E-state index is 13.8. The Morgan fingerprint density at radius 1 is 1.24 bits per heavy atom. The van der Waals surface area contributed by atoms with Crippen LogP contribution in [0.2, 0.25) is 5.02 Å². The van der Waals surface area contributed by atoms with Crippen LogP contribution in [0.1, 0.15) is 56.0 Å². The van der Waals surface area contributed by atoms with E-state index in [1.165, 1.54) is 12.1 Å². The predicted molar refractivity (Wildman–Crippen MR) is 142 cm³/mol. The largest absolute Gasteiger partial charge is 0.380 e. The summed E-state index contributed by atoms with van der Waals surface area (Å²) in [7, 11) is 7.00. The van der Waals surface area contributed by atoms with Crippen molar-refractivity contribution in [2.75, 3.05) is 10.6 Å². The van der Waals surface area contributed by atoms with Crippen LogP contribution in [0, 0.1) is 22.6 Å². The molecule has 0 saturated heterocycles. The van der Waals surface area contributed by atoms with Gasteiger partial charge in [-0.2, -0.15) is 5.26 Å². The SMILES string of the molecule is [B]C(Nc1cc(Cl)c2ncc(C#N)c(NC3CC3(C)C)c2c1)(c1ccc(F)cc1)c1cn(C2CC2)nn1. The molecule has 0 amide bonds. The Morgan fingerprint density at radius 3 is 2.62 bits per heavy atom. The minimum atomic E-state index is -1.33. The van der Waals surface area contributed by atoms with Gasteiger partial charge in [-0.05, 0) is 54.5 Å². The van der Waals surface area contributed by atoms with Gasteiger partial charge in [-0.15, -0.1) is 5.10 Å². The number of hydrogen-bond acceptors (Lipinski definition) is 6. The van der Waals surface area contributed by atoms with Crippen LogP contribution < -0.4 is 10.6 Å². The van der Waals surface area contributed by atoms with Crippen molar-refractivity contribution in [1.82, 2.24) is 20.0 Å². The van der Waals surface area contributed by atoms with E-state index >= 15 is 0 Å². The van der Waals surface area contributed by atoms with Gasteiger partial charge in [-0.3, -0.25) is 4.98 Å². The number of nitriles is 1. The fourth-order valence-electron chi connectivity index (χ4n) is 4.66. The van der Waals surface area contributed by atoms with E-state index in [0.717, 1.165) is 19.3 Å². The summed E-state index contributed by atoms with van der Waals surface area (Å²) in [5, 5.41) is 26.5. The Morgan fingerprint density at radius 2 is 1.97 bits per heavy atom. The third kappa shape index (κ3) is 4.29. The van der Waals surface area contributed by atoms with Gasteiger partial charge in [-0.1, -0.05) is 42.8 Å². The van der Waals surface area contributed by atoms with Crippen LogP contribution in [0.15, 0.2) is 48.8 Å². The summed E-state index contributed by atoms with van der Waals surface area (Å²) in [5.74, 6) is -0.365. The van der Waals surface area contributed by atoms with Crippen LogP contribution in [0.4, 0.5) is 15.8 Å². The van der Waals surface area contributed by atoms with Gasteiger partial charge in [0.05, 0.1) is 39.5 Å². The molecule has 0 spiro atoms. The second-order valence-electron chi connectivity index (χ2n) is 10.7. The van der Waals surface area contributed by atoms with Crippen LogP contribution in [0.3, 0.4) is 0 Å². The van der Waals surface area contributed by atoms with Crippen molar-refractivity contribution in [3.63, 3.8) is 0 Å². The summed E-state index contributed by atoms with van der Waals surface area (Å²) < 4.78 is 15.6. The highest BCUT2D eigenvalue weighted by Gasteiger charge is 2.46. The van der Waals surface area contributed by atoms with Crippen molar-refractivity contribution >= 4 is 41.7 Å². The van der Waals surface area contributed by atoms with Gasteiger partial charge in [-0.25, -0.2) is 9.07 Å². The molecule has 7 nitrogen and oxygen atoms in total. The molecule has 2 aromatic carbocycles. The highest BCUT2D eigenvalue weighted by Crippen LogP contribution is 2.48. The zero-order valence-electron chi connectivity index (χ0n) is 20.5. The van der Waals surface area contributed by atoms with Crippen LogP contribution in [0.5, 0.6) is 0 Å². The first-order chi connectivity index (χ1) is 17.7. The Bertz CT molecular complexity index is 1560. The second-order valence-corrected chi connectivity index (χ2v) is 11.1. The van der Waals surface area contributed by atoms with Crippen molar-refractivity contribution in [3.05, 3.63) is 76.5 Å². The Kier molecular flexibility index (Phi) is 5.43. The van der Waals surface area contributed by atoms with Gasteiger partial charge in [0.15, 0.2) is 0 Å². The Hall–Kier alpha value is -3.64. The Balaban J connectivity index is 1.46. The summed E-state index contributed by atoms with van der Waals surface area (Å²) in [6.07, 6.45) is 6.47. The lowest BCUT2D eigenvalue weighted by molar-refractivity contribution is 0.610. The second kappa shape index (κ2) is 8.46. The van der Waals surface area contributed by atoms with Crippen molar-refractivity contribution in [1.29, 1.82) is 5.26 Å². The molecule has 2 atom stereocenters. The molecule has 2 aromatic heterocycles. The summed E-state index contributed by atoms with van der Waals surface area (Å²) >= 11 is 6.70. The molecule has 2 saturated carbocycles. The highest BCUT2D eigenvalue weighted by molar-refractivity contribution is 6.36. The van der Waals surface area contributed by atoms with E-state index in [2.05, 4.69) is 45.8 Å². The van der Waals surface area contributed by atoms with E-state index < -0.39 is 5.44 Å². The molecule has 2 fully saturated rings. The number of nitrogens with zero attached hydrogens (tertiary/aromatic N) is 5. The number of fused-ring (bicyclic) bond motifs is 1. The zero-order chi connectivity index (χ0) is 25.9. The van der Waals surface area contributed by atoms with Gasteiger partial charge in [0.1, 0.15) is 25.4 Å². The topological polar surface area (TPSA) is 91.5 Å². The molecule has 184 valence electrons. The normalized spacial score (nSPS) is 19.7. The van der Waals surface area contributed by atoms with Gasteiger partial charge < -0.3 is 10.6 Å². The van der Waals surface area contributed by atoms with Crippen molar-refractivity contribution in [2.24, 2.45) is 5.41 Å². The van der Waals surface area contributed by atoms with Crippen molar-refractivity contribution in [3.8, 4) is 6.07 Å². The number of benzene rings is 2. The van der Waals surface area contributed by atoms with E-state index in [0.29, 0.717) is 50.2 Å². The minimum Gasteiger partial charge on any atom is -0.380 e. The number of nitrogens with one attached hydrogen (secondary N) is 2. The van der Waals surface area contributed by atoms with Crippen molar-refractivity contribution in [2.45, 2.75) is 50.6 Å². The lowest BCUT2D eigenvalue weighted by atomic mass is 9.69. The minimum absolute atomic E-state index is 0.143. The zero-order valence-corrected chi connectivity index (χ0v) is 21.2. The number of pyridine rings is 1. The standard InChI is InChI=1S/C27H24BClFN7/c1-26(2)11-22(26)33-24-15(12-31)13-32-25-20(24)9-18(10-21(25)29)34-27(28,16-3-5-17(30)6-4-16)23-14-37(36-35-23)19-7-8-19/h3-6,9-10,13-14,19,22,34H,7-8,11H2,1-2H3,(H,32,33). The maximum Gasteiger partial charge on any atom is 0.123 e. The monoisotopic (exact) mass is 511 g/mol. The first-order valence-electron chi connectivity index (χ1n) is 12.2. The fourth-order valence-corrected chi connectivity index (χ4v) is 4.93. The first-order valence-corrected chi connectivity index (χ1v) is 12.6. The average molecular weight is 512 g/mol. The van der Waals surface area contributed by atoms with Gasteiger partial charge >= 0.3 is 0 Å². The molecule has 0 bridgehead atoms. The molecule has 2 aliphatic carbocycles. The fraction of sp³-hybridized carbons (Fsp3) is 0.333. The first kappa shape index (κ1) is 23.7. The van der Waals surface area contributed by atoms with E-state index in [-0.39, 0.29) is 17.3 Å². The highest BCUT2D eigenvalue weighted by atomic mass is 35.5. The smallest absolute Gasteiger partial charge is 0.123 e. The summed E-state index contributed by atoms with van der Waals surface area (Å²) in [4.78, 5) is 4.45. The lowest BCUT2D eigenvalue weighted by Gasteiger charge is -2.32. The van der Waals surface area contributed by atoms with Crippen LogP contribution in [-0.2, 0) is 5.44 Å². The molecule has 2 heterocycles. The van der Waals surface area contributed by atoms with Gasteiger partial charge in [0, 0.05) is 23.3 Å². The number of rotatable bonds is 7. The van der Waals surface area contributed by atoms with Crippen LogP contribution in [-0.4, -0.2) is 33.9 Å². The van der Waals surface area contributed by atoms with E-state index in [9.17, 15) is 9.65 Å². The number of halogens is 2. The van der Waals surface area contributed by atoms with Crippen molar-refractivity contribution < 1.29 is 4.39 Å². The third-order valence-electron chi connectivity index (χ3n) is 7.35. The quantitative estimate of drug-likeness (QED) is 0.318.